The van der Waals surface area contributed by atoms with Crippen LogP contribution in [0.15, 0.2) is 109 Å². The summed E-state index contributed by atoms with van der Waals surface area (Å²) in [5, 5.41) is 10.4. The van der Waals surface area contributed by atoms with Crippen molar-refractivity contribution in [1.29, 1.82) is 0 Å². The quantitative estimate of drug-likeness (QED) is 0.129. The maximum Gasteiger partial charge on any atom is 0.332 e. The van der Waals surface area contributed by atoms with Crippen molar-refractivity contribution in [2.75, 3.05) is 53.3 Å². The highest BCUT2D eigenvalue weighted by Gasteiger charge is 2.21. The van der Waals surface area contributed by atoms with Gasteiger partial charge in [0.15, 0.2) is 0 Å². The standard InChI is InChI=1S/C25H27N2O3P3.C19H9Cl3N2.C2H6OP/c1-31(2,28)16-7-10-19-20-13-17(32(3,4)29)9-12-23(20)27-24-15-18(33(5,6)30)8-11-22(24)26-25(27)21(19)14-16;20-10-1-4-13-14-7-11(21)3-6-17(14)24-18-9-12(22)2-5-16(18)23-19(24)15(13)8-10;1-4(2)3/h7-15H,1-6H3;1-9H;1-2H3/q;;+1. The van der Waals surface area contributed by atoms with Gasteiger partial charge >= 0.3 is 7.80 Å². The number of nitrogens with zero attached hydrogens (tertiary/aromatic N) is 4. The first-order valence-electron chi connectivity index (χ1n) is 19.2. The molecule has 0 bridgehead atoms. The first kappa shape index (κ1) is 43.6. The molecule has 0 spiro atoms. The van der Waals surface area contributed by atoms with Crippen molar-refractivity contribution in [3.8, 4) is 0 Å². The van der Waals surface area contributed by atoms with Crippen LogP contribution in [0.2, 0.25) is 15.1 Å². The Kier molecular flexibility index (Phi) is 11.4. The fourth-order valence-electron chi connectivity index (χ4n) is 7.71. The van der Waals surface area contributed by atoms with Crippen LogP contribution in [0.4, 0.5) is 0 Å². The van der Waals surface area contributed by atoms with Crippen molar-refractivity contribution >= 4 is 157 Å². The summed E-state index contributed by atoms with van der Waals surface area (Å²) < 4.78 is 52.4. The summed E-state index contributed by atoms with van der Waals surface area (Å²) in [7, 11) is -8.28. The number of hydrogen-bond donors (Lipinski definition) is 0. The van der Waals surface area contributed by atoms with Crippen molar-refractivity contribution in [1.82, 2.24) is 18.8 Å². The molecule has 10 aromatic rings. The van der Waals surface area contributed by atoms with E-state index in [9.17, 15) is 18.3 Å². The summed E-state index contributed by atoms with van der Waals surface area (Å²) in [5.74, 6) is 0. The van der Waals surface area contributed by atoms with Crippen LogP contribution in [-0.4, -0.2) is 72.1 Å². The Hall–Kier alpha value is -4.08. The Balaban J connectivity index is 0.000000161. The molecular weight excluding hydrogens is 903 g/mol. The zero-order valence-electron chi connectivity index (χ0n) is 34.7. The number of imidazole rings is 2. The Morgan fingerprint density at radius 1 is 0.426 bits per heavy atom. The van der Waals surface area contributed by atoms with Crippen LogP contribution in [0.25, 0.3) is 76.7 Å². The molecule has 10 rings (SSSR count). The van der Waals surface area contributed by atoms with E-state index < -0.39 is 29.2 Å². The fraction of sp³-hybridized carbons (Fsp3) is 0.174. The number of fused-ring (bicyclic) bond motifs is 16. The molecule has 0 aliphatic carbocycles. The molecule has 15 heteroatoms. The molecule has 4 heterocycles. The van der Waals surface area contributed by atoms with Crippen LogP contribution in [0.1, 0.15) is 0 Å². The Morgan fingerprint density at radius 2 is 0.770 bits per heavy atom. The fourth-order valence-corrected chi connectivity index (χ4v) is 10.8. The van der Waals surface area contributed by atoms with E-state index in [2.05, 4.69) is 8.80 Å². The summed E-state index contributed by atoms with van der Waals surface area (Å²) >= 11 is 18.7. The normalized spacial score (nSPS) is 12.4. The van der Waals surface area contributed by atoms with Gasteiger partial charge in [-0.25, -0.2) is 9.97 Å². The zero-order valence-corrected chi connectivity index (χ0v) is 40.6. The van der Waals surface area contributed by atoms with Gasteiger partial charge in [-0.2, -0.15) is 0 Å². The van der Waals surface area contributed by atoms with Crippen LogP contribution in [-0.2, 0) is 18.3 Å². The molecule has 8 nitrogen and oxygen atoms in total. The van der Waals surface area contributed by atoms with Crippen LogP contribution in [0.3, 0.4) is 0 Å². The molecule has 0 unspecified atom stereocenters. The molecule has 0 saturated heterocycles. The van der Waals surface area contributed by atoms with Crippen molar-refractivity contribution in [2.45, 2.75) is 0 Å². The Morgan fingerprint density at radius 3 is 1.33 bits per heavy atom. The molecule has 0 atom stereocenters. The molecular formula is C46H42Cl3N4O4P4+. The Labute approximate surface area is 369 Å². The molecule has 61 heavy (non-hydrogen) atoms. The molecule has 0 aliphatic rings. The first-order valence-corrected chi connectivity index (χ1v) is 30.3. The van der Waals surface area contributed by atoms with Gasteiger partial charge in [-0.1, -0.05) is 57.6 Å². The summed E-state index contributed by atoms with van der Waals surface area (Å²) in [6, 6.07) is 35.1. The molecule has 310 valence electrons. The summed E-state index contributed by atoms with van der Waals surface area (Å²) in [4.78, 5) is 9.75. The highest BCUT2D eigenvalue weighted by Crippen LogP contribution is 2.42. The van der Waals surface area contributed by atoms with Gasteiger partial charge in [-0.15, -0.1) is 0 Å². The molecule has 4 aromatic heterocycles. The van der Waals surface area contributed by atoms with Crippen molar-refractivity contribution in [3.05, 3.63) is 124 Å². The van der Waals surface area contributed by atoms with E-state index in [1.165, 1.54) is 0 Å². The minimum atomic E-state index is -2.48. The number of aromatic nitrogens is 4. The largest absolute Gasteiger partial charge is 0.332 e. The average molecular weight is 945 g/mol. The monoisotopic (exact) mass is 943 g/mol. The van der Waals surface area contributed by atoms with Crippen LogP contribution >= 0.6 is 64.0 Å². The van der Waals surface area contributed by atoms with E-state index in [0.717, 1.165) is 92.6 Å². The third kappa shape index (κ3) is 8.30. The van der Waals surface area contributed by atoms with Gasteiger partial charge in [-0.3, -0.25) is 8.80 Å². The molecule has 0 fully saturated rings. The molecule has 0 saturated carbocycles. The second-order valence-corrected chi connectivity index (χ2v) is 29.1. The van der Waals surface area contributed by atoms with E-state index >= 15 is 0 Å². The summed E-state index contributed by atoms with van der Waals surface area (Å²) in [5.41, 5.74) is 7.15. The number of hydrogen-bond acceptors (Lipinski definition) is 6. The topological polar surface area (TPSA) is 103 Å². The minimum Gasteiger partial charge on any atom is -0.319 e. The van der Waals surface area contributed by atoms with Crippen molar-refractivity contribution in [2.24, 2.45) is 0 Å². The highest BCUT2D eigenvalue weighted by molar-refractivity contribution is 7.70. The number of rotatable bonds is 3. The molecule has 0 radical (unpaired) electrons. The minimum absolute atomic E-state index is 0.677. The van der Waals surface area contributed by atoms with E-state index in [4.69, 9.17) is 44.8 Å². The molecule has 6 aromatic carbocycles. The smallest absolute Gasteiger partial charge is 0.319 e. The average Bonchev–Trinajstić information content (AvgIpc) is 3.76. The number of benzene rings is 6. The predicted octanol–water partition coefficient (Wildman–Crippen LogP) is 13.4. The van der Waals surface area contributed by atoms with Gasteiger partial charge in [0.1, 0.15) is 46.0 Å². The van der Waals surface area contributed by atoms with Gasteiger partial charge in [-0.05, 0) is 142 Å². The lowest BCUT2D eigenvalue weighted by atomic mass is 10.1. The van der Waals surface area contributed by atoms with E-state index in [1.807, 2.05) is 109 Å². The third-order valence-electron chi connectivity index (χ3n) is 10.6. The second kappa shape index (κ2) is 15.9. The van der Waals surface area contributed by atoms with E-state index in [1.54, 1.807) is 53.3 Å². The predicted molar refractivity (Wildman–Crippen MR) is 267 cm³/mol. The third-order valence-corrected chi connectivity index (χ3v) is 15.9. The van der Waals surface area contributed by atoms with Gasteiger partial charge in [0.2, 0.25) is 0 Å². The van der Waals surface area contributed by atoms with E-state index in [-0.39, 0.29) is 0 Å². The van der Waals surface area contributed by atoms with Crippen LogP contribution in [0.5, 0.6) is 0 Å². The zero-order chi connectivity index (χ0) is 43.9. The lowest BCUT2D eigenvalue weighted by molar-refractivity contribution is 0.587. The van der Waals surface area contributed by atoms with Crippen molar-refractivity contribution in [3.63, 3.8) is 0 Å². The summed E-state index contributed by atoms with van der Waals surface area (Å²) in [6.07, 6.45) is 0. The molecule has 0 N–H and O–H groups in total. The van der Waals surface area contributed by atoms with Gasteiger partial charge in [0, 0.05) is 52.5 Å². The first-order chi connectivity index (χ1) is 28.6. The maximum absolute atomic E-state index is 12.9. The van der Waals surface area contributed by atoms with E-state index in [0.29, 0.717) is 15.1 Å². The van der Waals surface area contributed by atoms with Crippen molar-refractivity contribution < 1.29 is 18.3 Å². The summed E-state index contributed by atoms with van der Waals surface area (Å²) in [6.45, 7) is 14.0. The molecule has 0 aliphatic heterocycles. The van der Waals surface area contributed by atoms with Gasteiger partial charge in [0.25, 0.3) is 0 Å². The second-order valence-electron chi connectivity index (χ2n) is 16.5. The van der Waals surface area contributed by atoms with Gasteiger partial charge in [0.05, 0.1) is 33.1 Å². The highest BCUT2D eigenvalue weighted by atomic mass is 35.5. The van der Waals surface area contributed by atoms with Crippen LogP contribution in [0, 0.1) is 0 Å². The SMILES string of the molecule is CP(C)(=O)c1ccc2c(c1)c1ccc(P(C)(C)=O)cc1c1nc3ccc(P(C)(C)=O)cc3n21.C[P+](C)=O.Clc1ccc2c(c1)c1ccc(Cl)cc1c1nc3ccc(Cl)cc3n21. The molecule has 0 amide bonds. The number of pyridine rings is 2. The maximum atomic E-state index is 12.9. The lowest BCUT2D eigenvalue weighted by Gasteiger charge is -2.15. The lowest BCUT2D eigenvalue weighted by Crippen LogP contribution is -2.06. The number of halogens is 3. The van der Waals surface area contributed by atoms with Crippen LogP contribution < -0.4 is 15.9 Å². The Bertz CT molecular complexity index is 3640. The van der Waals surface area contributed by atoms with Gasteiger partial charge < -0.3 is 13.7 Å².